The maximum absolute atomic E-state index is 9.96. The fourth-order valence-corrected chi connectivity index (χ4v) is 3.29. The average Bonchev–Trinajstić information content (AvgIpc) is 2.44. The Bertz CT molecular complexity index is 657. The van der Waals surface area contributed by atoms with E-state index in [2.05, 4.69) is 39.8 Å². The summed E-state index contributed by atoms with van der Waals surface area (Å²) in [5.74, 6) is 1.54. The fourth-order valence-electron chi connectivity index (χ4n) is 3.29. The molecule has 23 heavy (non-hydrogen) atoms. The van der Waals surface area contributed by atoms with Gasteiger partial charge in [0.15, 0.2) is 0 Å². The van der Waals surface area contributed by atoms with Crippen LogP contribution in [0.4, 0.5) is 0 Å². The highest BCUT2D eigenvalue weighted by atomic mass is 16.3. The first-order valence-electron chi connectivity index (χ1n) is 8.31. The zero-order chi connectivity index (χ0) is 17.3. The van der Waals surface area contributed by atoms with E-state index in [1.807, 2.05) is 26.0 Å². The fraction of sp³-hybridized carbons (Fsp3) is 0.429. The van der Waals surface area contributed by atoms with E-state index in [0.717, 1.165) is 28.7 Å². The molecule has 0 radical (unpaired) electrons. The van der Waals surface area contributed by atoms with Crippen molar-refractivity contribution in [2.45, 2.75) is 53.9 Å². The summed E-state index contributed by atoms with van der Waals surface area (Å²) in [4.78, 5) is 0. The number of rotatable bonds is 4. The van der Waals surface area contributed by atoms with Crippen LogP contribution in [0.25, 0.3) is 0 Å². The second kappa shape index (κ2) is 6.66. The van der Waals surface area contributed by atoms with E-state index in [4.69, 9.17) is 0 Å². The lowest BCUT2D eigenvalue weighted by molar-refractivity contribution is 0.468. The van der Waals surface area contributed by atoms with E-state index in [1.54, 1.807) is 0 Å². The van der Waals surface area contributed by atoms with E-state index in [0.29, 0.717) is 17.4 Å². The predicted molar refractivity (Wildman–Crippen MR) is 96.5 cm³/mol. The van der Waals surface area contributed by atoms with Crippen LogP contribution in [0.2, 0.25) is 0 Å². The lowest BCUT2D eigenvalue weighted by atomic mass is 9.80. The third-order valence-corrected chi connectivity index (χ3v) is 4.63. The molecular formula is C21H28O2. The van der Waals surface area contributed by atoms with Crippen molar-refractivity contribution in [3.05, 3.63) is 57.6 Å². The molecule has 2 heteroatoms. The van der Waals surface area contributed by atoms with Crippen LogP contribution < -0.4 is 0 Å². The molecule has 2 nitrogen and oxygen atoms in total. The van der Waals surface area contributed by atoms with Crippen LogP contribution in [0.3, 0.4) is 0 Å². The minimum Gasteiger partial charge on any atom is -0.508 e. The van der Waals surface area contributed by atoms with Crippen molar-refractivity contribution < 1.29 is 10.2 Å². The summed E-state index contributed by atoms with van der Waals surface area (Å²) in [5, 5.41) is 19.9. The van der Waals surface area contributed by atoms with Crippen molar-refractivity contribution in [3.8, 4) is 11.5 Å². The average molecular weight is 312 g/mol. The van der Waals surface area contributed by atoms with Crippen molar-refractivity contribution in [2.75, 3.05) is 0 Å². The molecular weight excluding hydrogens is 284 g/mol. The van der Waals surface area contributed by atoms with Gasteiger partial charge in [-0.1, -0.05) is 26.0 Å². The highest BCUT2D eigenvalue weighted by molar-refractivity contribution is 5.49. The number of benzene rings is 2. The van der Waals surface area contributed by atoms with Crippen LogP contribution in [0, 0.1) is 33.6 Å². The Morgan fingerprint density at radius 3 is 1.43 bits per heavy atom. The molecule has 2 aromatic carbocycles. The van der Waals surface area contributed by atoms with Crippen molar-refractivity contribution in [3.63, 3.8) is 0 Å². The van der Waals surface area contributed by atoms with Crippen LogP contribution in [-0.4, -0.2) is 10.2 Å². The lowest BCUT2D eigenvalue weighted by Crippen LogP contribution is -2.09. The van der Waals surface area contributed by atoms with Gasteiger partial charge in [0.2, 0.25) is 0 Å². The number of aromatic hydroxyl groups is 2. The molecule has 0 amide bonds. The Labute approximate surface area is 139 Å². The topological polar surface area (TPSA) is 40.5 Å². The number of hydrogen-bond donors (Lipinski definition) is 2. The van der Waals surface area contributed by atoms with Crippen molar-refractivity contribution in [2.24, 2.45) is 5.92 Å². The minimum atomic E-state index is 0.272. The van der Waals surface area contributed by atoms with Gasteiger partial charge in [-0.25, -0.2) is 0 Å². The van der Waals surface area contributed by atoms with Crippen molar-refractivity contribution in [1.82, 2.24) is 0 Å². The molecule has 124 valence electrons. The third kappa shape index (κ3) is 3.69. The molecule has 0 aliphatic carbocycles. The quantitative estimate of drug-likeness (QED) is 0.781. The highest BCUT2D eigenvalue weighted by Gasteiger charge is 2.21. The SMILES string of the molecule is Cc1cc(C(CC(C)C)c2cc(C)c(O)cc2C)c(C)cc1O. The second-order valence-corrected chi connectivity index (χ2v) is 7.17. The van der Waals surface area contributed by atoms with E-state index in [1.165, 1.54) is 11.1 Å². The monoisotopic (exact) mass is 312 g/mol. The number of phenolic OH excluding ortho intramolecular Hbond substituents is 2. The number of hydrogen-bond acceptors (Lipinski definition) is 2. The number of aryl methyl sites for hydroxylation is 4. The van der Waals surface area contributed by atoms with Gasteiger partial charge in [-0.15, -0.1) is 0 Å². The number of phenols is 2. The first-order chi connectivity index (χ1) is 10.7. The van der Waals surface area contributed by atoms with Crippen LogP contribution in [0.15, 0.2) is 24.3 Å². The largest absolute Gasteiger partial charge is 0.508 e. The molecule has 0 spiro atoms. The van der Waals surface area contributed by atoms with Gasteiger partial charge in [0.25, 0.3) is 0 Å². The summed E-state index contributed by atoms with van der Waals surface area (Å²) in [5.41, 5.74) is 6.58. The van der Waals surface area contributed by atoms with Crippen LogP contribution in [0.5, 0.6) is 11.5 Å². The molecule has 0 aliphatic heterocycles. The van der Waals surface area contributed by atoms with Crippen LogP contribution in [-0.2, 0) is 0 Å². The van der Waals surface area contributed by atoms with E-state index in [9.17, 15) is 10.2 Å². The summed E-state index contributed by atoms with van der Waals surface area (Å²) in [6, 6.07) is 7.94. The van der Waals surface area contributed by atoms with Crippen molar-refractivity contribution in [1.29, 1.82) is 0 Å². The molecule has 0 saturated carbocycles. The van der Waals surface area contributed by atoms with Gasteiger partial charge in [0.05, 0.1) is 0 Å². The predicted octanol–water partition coefficient (Wildman–Crippen LogP) is 5.51. The van der Waals surface area contributed by atoms with Gasteiger partial charge >= 0.3 is 0 Å². The molecule has 0 fully saturated rings. The smallest absolute Gasteiger partial charge is 0.118 e. The summed E-state index contributed by atoms with van der Waals surface area (Å²) in [6.45, 7) is 12.5. The zero-order valence-corrected chi connectivity index (χ0v) is 15.1. The Kier molecular flexibility index (Phi) is 5.03. The Morgan fingerprint density at radius 2 is 1.09 bits per heavy atom. The maximum atomic E-state index is 9.96. The molecule has 0 heterocycles. The molecule has 0 atom stereocenters. The Hall–Kier alpha value is -1.96. The van der Waals surface area contributed by atoms with Crippen molar-refractivity contribution >= 4 is 0 Å². The Morgan fingerprint density at radius 1 is 0.696 bits per heavy atom. The molecule has 2 aromatic rings. The summed E-state index contributed by atoms with van der Waals surface area (Å²) in [7, 11) is 0. The molecule has 0 aromatic heterocycles. The lowest BCUT2D eigenvalue weighted by Gasteiger charge is -2.25. The van der Waals surface area contributed by atoms with Gasteiger partial charge < -0.3 is 10.2 Å². The maximum Gasteiger partial charge on any atom is 0.118 e. The van der Waals surface area contributed by atoms with Crippen LogP contribution in [0.1, 0.15) is 59.6 Å². The highest BCUT2D eigenvalue weighted by Crippen LogP contribution is 2.38. The molecule has 0 saturated heterocycles. The summed E-state index contributed by atoms with van der Waals surface area (Å²) >= 11 is 0. The molecule has 0 bridgehead atoms. The third-order valence-electron chi connectivity index (χ3n) is 4.63. The molecule has 0 aliphatic rings. The normalized spacial score (nSPS) is 11.5. The van der Waals surface area contributed by atoms with Gasteiger partial charge in [0, 0.05) is 5.92 Å². The molecule has 2 N–H and O–H groups in total. The van der Waals surface area contributed by atoms with Crippen LogP contribution >= 0.6 is 0 Å². The first kappa shape index (κ1) is 17.4. The zero-order valence-electron chi connectivity index (χ0n) is 15.1. The first-order valence-corrected chi connectivity index (χ1v) is 8.31. The van der Waals surface area contributed by atoms with E-state index >= 15 is 0 Å². The van der Waals surface area contributed by atoms with E-state index in [-0.39, 0.29) is 5.92 Å². The molecule has 2 rings (SSSR count). The second-order valence-electron chi connectivity index (χ2n) is 7.17. The van der Waals surface area contributed by atoms with E-state index < -0.39 is 0 Å². The van der Waals surface area contributed by atoms with Gasteiger partial charge in [-0.05, 0) is 85.5 Å². The minimum absolute atomic E-state index is 0.272. The summed E-state index contributed by atoms with van der Waals surface area (Å²) < 4.78 is 0. The summed E-state index contributed by atoms with van der Waals surface area (Å²) in [6.07, 6.45) is 1.04. The Balaban J connectivity index is 2.63. The van der Waals surface area contributed by atoms with Gasteiger partial charge in [0.1, 0.15) is 11.5 Å². The van der Waals surface area contributed by atoms with Gasteiger partial charge in [-0.3, -0.25) is 0 Å². The van der Waals surface area contributed by atoms with Gasteiger partial charge in [-0.2, -0.15) is 0 Å². The molecule has 0 unspecified atom stereocenters. The standard InChI is InChI=1S/C21H28O2/c1-12(2)7-19(17-8-15(5)20(22)10-13(17)3)18-9-16(6)21(23)11-14(18)4/h8-12,19,22-23H,7H2,1-6H3.